The number of carbonyl (C=O) groups excluding carboxylic acids is 1. The van der Waals surface area contributed by atoms with E-state index in [-0.39, 0.29) is 11.3 Å². The zero-order chi connectivity index (χ0) is 21.0. The zero-order valence-electron chi connectivity index (χ0n) is 17.8. The van der Waals surface area contributed by atoms with Gasteiger partial charge in [-0.2, -0.15) is 0 Å². The average Bonchev–Trinajstić information content (AvgIpc) is 2.75. The predicted molar refractivity (Wildman–Crippen MR) is 115 cm³/mol. The van der Waals surface area contributed by atoms with E-state index in [4.69, 9.17) is 4.74 Å². The van der Waals surface area contributed by atoms with Gasteiger partial charge in [-0.15, -0.1) is 0 Å². The van der Waals surface area contributed by atoms with Gasteiger partial charge in [0, 0.05) is 38.6 Å². The van der Waals surface area contributed by atoms with E-state index in [1.54, 1.807) is 12.4 Å². The third kappa shape index (κ3) is 4.96. The van der Waals surface area contributed by atoms with Crippen molar-refractivity contribution < 1.29 is 14.6 Å². The molecule has 1 N–H and O–H groups in total. The standard InChI is InChI=1S/C23H32N4O3/c1-2-30-12-5-22(29)27-16-19(28)14-23(17-27)6-10-26(11-7-23)15-18-3-4-20-21(13-18)25-9-8-24-20/h3-4,8-9,13,19,28H,2,5-7,10-12,14-17H2,1H3. The van der Waals surface area contributed by atoms with E-state index in [0.29, 0.717) is 26.2 Å². The van der Waals surface area contributed by atoms with Crippen molar-refractivity contribution in [3.05, 3.63) is 36.2 Å². The number of fused-ring (bicyclic) bond motifs is 1. The molecule has 2 aliphatic rings. The molecular formula is C23H32N4O3. The maximum absolute atomic E-state index is 12.6. The first-order chi connectivity index (χ1) is 14.6. The Hall–Kier alpha value is -2.09. The molecule has 1 spiro atoms. The highest BCUT2D eigenvalue weighted by Crippen LogP contribution is 2.40. The number of piperidine rings is 2. The topological polar surface area (TPSA) is 78.8 Å². The molecule has 0 aliphatic carbocycles. The Kier molecular flexibility index (Phi) is 6.61. The molecule has 2 fully saturated rings. The summed E-state index contributed by atoms with van der Waals surface area (Å²) in [5.74, 6) is 0.0984. The SMILES string of the molecule is CCOCCC(=O)N1CC(O)CC2(CCN(Cc3ccc4nccnc4c3)CC2)C1. The lowest BCUT2D eigenvalue weighted by Crippen LogP contribution is -2.55. The van der Waals surface area contributed by atoms with Crippen molar-refractivity contribution in [1.82, 2.24) is 19.8 Å². The van der Waals surface area contributed by atoms with E-state index in [1.807, 2.05) is 17.9 Å². The number of benzene rings is 1. The number of hydrogen-bond acceptors (Lipinski definition) is 6. The minimum atomic E-state index is -0.430. The van der Waals surface area contributed by atoms with E-state index in [2.05, 4.69) is 27.0 Å². The summed E-state index contributed by atoms with van der Waals surface area (Å²) in [4.78, 5) is 25.6. The molecule has 0 radical (unpaired) electrons. The second-order valence-electron chi connectivity index (χ2n) is 8.73. The van der Waals surface area contributed by atoms with Gasteiger partial charge in [0.25, 0.3) is 0 Å². The smallest absolute Gasteiger partial charge is 0.224 e. The Balaban J connectivity index is 1.34. The number of ether oxygens (including phenoxy) is 1. The van der Waals surface area contributed by atoms with Crippen molar-refractivity contribution in [2.24, 2.45) is 5.41 Å². The van der Waals surface area contributed by atoms with Crippen LogP contribution in [0.25, 0.3) is 11.0 Å². The molecule has 2 aliphatic heterocycles. The van der Waals surface area contributed by atoms with Gasteiger partial charge < -0.3 is 14.7 Å². The van der Waals surface area contributed by atoms with Gasteiger partial charge in [-0.05, 0) is 62.4 Å². The lowest BCUT2D eigenvalue weighted by molar-refractivity contribution is -0.141. The van der Waals surface area contributed by atoms with Crippen LogP contribution in [-0.2, 0) is 16.1 Å². The van der Waals surface area contributed by atoms with Crippen LogP contribution in [-0.4, -0.2) is 76.3 Å². The number of aliphatic hydroxyl groups is 1. The maximum Gasteiger partial charge on any atom is 0.224 e. The molecule has 7 nitrogen and oxygen atoms in total. The molecular weight excluding hydrogens is 380 g/mol. The zero-order valence-corrected chi connectivity index (χ0v) is 17.8. The first-order valence-corrected chi connectivity index (χ1v) is 11.0. The van der Waals surface area contributed by atoms with E-state index in [0.717, 1.165) is 56.5 Å². The highest BCUT2D eigenvalue weighted by molar-refractivity contribution is 5.76. The molecule has 1 aromatic carbocycles. The van der Waals surface area contributed by atoms with Crippen LogP contribution in [0.1, 0.15) is 38.2 Å². The highest BCUT2D eigenvalue weighted by atomic mass is 16.5. The van der Waals surface area contributed by atoms with Crippen molar-refractivity contribution in [3.63, 3.8) is 0 Å². The van der Waals surface area contributed by atoms with Crippen LogP contribution in [0.15, 0.2) is 30.6 Å². The molecule has 0 saturated carbocycles. The summed E-state index contributed by atoms with van der Waals surface area (Å²) in [6.07, 6.45) is 6.22. The monoisotopic (exact) mass is 412 g/mol. The molecule has 1 amide bonds. The van der Waals surface area contributed by atoms with Crippen molar-refractivity contribution in [2.45, 2.75) is 45.3 Å². The van der Waals surface area contributed by atoms with Crippen LogP contribution in [0, 0.1) is 5.41 Å². The molecule has 3 heterocycles. The number of aliphatic hydroxyl groups excluding tert-OH is 1. The van der Waals surface area contributed by atoms with Gasteiger partial charge >= 0.3 is 0 Å². The molecule has 162 valence electrons. The van der Waals surface area contributed by atoms with Crippen molar-refractivity contribution in [2.75, 3.05) is 39.4 Å². The van der Waals surface area contributed by atoms with E-state index >= 15 is 0 Å². The summed E-state index contributed by atoms with van der Waals surface area (Å²) in [5.41, 5.74) is 3.13. The third-order valence-corrected chi connectivity index (χ3v) is 6.50. The molecule has 1 unspecified atom stereocenters. The highest BCUT2D eigenvalue weighted by Gasteiger charge is 2.42. The molecule has 1 aromatic heterocycles. The Morgan fingerprint density at radius 2 is 2.00 bits per heavy atom. The van der Waals surface area contributed by atoms with Gasteiger partial charge in [-0.25, -0.2) is 0 Å². The molecule has 2 saturated heterocycles. The van der Waals surface area contributed by atoms with Crippen LogP contribution in [0.3, 0.4) is 0 Å². The molecule has 7 heteroatoms. The second-order valence-corrected chi connectivity index (χ2v) is 8.73. The molecule has 2 aromatic rings. The number of aromatic nitrogens is 2. The summed E-state index contributed by atoms with van der Waals surface area (Å²) in [5, 5.41) is 10.5. The van der Waals surface area contributed by atoms with Crippen LogP contribution in [0.4, 0.5) is 0 Å². The van der Waals surface area contributed by atoms with Gasteiger partial charge in [-0.3, -0.25) is 19.7 Å². The fourth-order valence-corrected chi connectivity index (χ4v) is 4.92. The van der Waals surface area contributed by atoms with Crippen LogP contribution in [0.5, 0.6) is 0 Å². The average molecular weight is 413 g/mol. The van der Waals surface area contributed by atoms with Crippen LogP contribution >= 0.6 is 0 Å². The maximum atomic E-state index is 12.6. The molecule has 4 rings (SSSR count). The lowest BCUT2D eigenvalue weighted by atomic mass is 9.71. The number of likely N-dealkylation sites (tertiary alicyclic amines) is 2. The third-order valence-electron chi connectivity index (χ3n) is 6.50. The van der Waals surface area contributed by atoms with E-state index in [9.17, 15) is 9.90 Å². The van der Waals surface area contributed by atoms with Crippen molar-refractivity contribution in [3.8, 4) is 0 Å². The first kappa shape index (κ1) is 21.2. The summed E-state index contributed by atoms with van der Waals surface area (Å²) in [6, 6.07) is 6.28. The van der Waals surface area contributed by atoms with Crippen molar-refractivity contribution in [1.29, 1.82) is 0 Å². The first-order valence-electron chi connectivity index (χ1n) is 11.0. The van der Waals surface area contributed by atoms with Gasteiger partial charge in [0.2, 0.25) is 5.91 Å². The van der Waals surface area contributed by atoms with Gasteiger partial charge in [0.1, 0.15) is 0 Å². The Morgan fingerprint density at radius 1 is 1.23 bits per heavy atom. The number of amides is 1. The van der Waals surface area contributed by atoms with Gasteiger partial charge in [0.15, 0.2) is 0 Å². The minimum Gasteiger partial charge on any atom is -0.391 e. The summed E-state index contributed by atoms with van der Waals surface area (Å²) in [7, 11) is 0. The number of nitrogens with zero attached hydrogens (tertiary/aromatic N) is 4. The van der Waals surface area contributed by atoms with Crippen molar-refractivity contribution >= 4 is 16.9 Å². The summed E-state index contributed by atoms with van der Waals surface area (Å²) in [6.45, 7) is 7.07. The number of carbonyl (C=O) groups is 1. The minimum absolute atomic E-state index is 0.0320. The number of β-amino-alcohol motifs (C(OH)–C–C–N with tert-alkyl or cyclic N) is 1. The summed E-state index contributed by atoms with van der Waals surface area (Å²) >= 11 is 0. The largest absolute Gasteiger partial charge is 0.391 e. The van der Waals surface area contributed by atoms with Gasteiger partial charge in [0.05, 0.1) is 30.2 Å². The second kappa shape index (κ2) is 9.37. The Morgan fingerprint density at radius 3 is 2.77 bits per heavy atom. The number of rotatable bonds is 6. The quantitative estimate of drug-likeness (QED) is 0.733. The Labute approximate surface area is 178 Å². The molecule has 30 heavy (non-hydrogen) atoms. The normalized spacial score (nSPS) is 21.9. The van der Waals surface area contributed by atoms with Crippen LogP contribution < -0.4 is 0 Å². The van der Waals surface area contributed by atoms with E-state index in [1.165, 1.54) is 5.56 Å². The fraction of sp³-hybridized carbons (Fsp3) is 0.609. The predicted octanol–water partition coefficient (Wildman–Crippen LogP) is 2.23. The molecule has 1 atom stereocenters. The molecule has 0 bridgehead atoms. The number of hydrogen-bond donors (Lipinski definition) is 1. The van der Waals surface area contributed by atoms with Crippen LogP contribution in [0.2, 0.25) is 0 Å². The van der Waals surface area contributed by atoms with E-state index < -0.39 is 6.10 Å². The summed E-state index contributed by atoms with van der Waals surface area (Å²) < 4.78 is 5.33. The fourth-order valence-electron chi connectivity index (χ4n) is 4.92. The lowest BCUT2D eigenvalue weighted by Gasteiger charge is -2.49. The van der Waals surface area contributed by atoms with Gasteiger partial charge in [-0.1, -0.05) is 6.07 Å². The Bertz CT molecular complexity index is 866.